The number of benzene rings is 1. The van der Waals surface area contributed by atoms with Gasteiger partial charge in [-0.1, -0.05) is 6.92 Å². The van der Waals surface area contributed by atoms with E-state index in [1.165, 1.54) is 11.3 Å². The summed E-state index contributed by atoms with van der Waals surface area (Å²) in [5.41, 5.74) is 2.91. The minimum Gasteiger partial charge on any atom is -0.497 e. The van der Waals surface area contributed by atoms with Gasteiger partial charge in [0.25, 0.3) is 5.91 Å². The van der Waals surface area contributed by atoms with E-state index in [9.17, 15) is 4.79 Å². The quantitative estimate of drug-likeness (QED) is 0.854. The van der Waals surface area contributed by atoms with E-state index in [1.807, 2.05) is 13.1 Å². The topological polar surface area (TPSA) is 76.2 Å². The molecule has 6 nitrogen and oxygen atoms in total. The van der Waals surface area contributed by atoms with Gasteiger partial charge in [0.05, 0.1) is 25.5 Å². The number of rotatable bonds is 6. The standard InChI is InChI=1S/C18H23N3O3/c1-3-8-24-17-10-14(23-2)5-6-15(17)18(22)20-13-4-7-16-12(9-13)11-19-21-16/h5-6,10-11,13H,3-4,7-9H2,1-2H3,(H,19,21)(H,20,22)/t13-/m0/s1. The molecule has 0 fully saturated rings. The molecule has 1 heterocycles. The van der Waals surface area contributed by atoms with Gasteiger partial charge in [-0.05, 0) is 43.4 Å². The molecule has 1 aromatic heterocycles. The molecule has 2 N–H and O–H groups in total. The van der Waals surface area contributed by atoms with Crippen molar-refractivity contribution in [2.75, 3.05) is 13.7 Å². The highest BCUT2D eigenvalue weighted by Crippen LogP contribution is 2.26. The van der Waals surface area contributed by atoms with Crippen molar-refractivity contribution in [3.8, 4) is 11.5 Å². The second kappa shape index (κ2) is 7.38. The van der Waals surface area contributed by atoms with Crippen LogP contribution in [0.5, 0.6) is 11.5 Å². The SMILES string of the molecule is CCCOc1cc(OC)ccc1C(=O)N[C@H]1CCc2[nH]ncc2C1. The molecule has 0 aliphatic heterocycles. The van der Waals surface area contributed by atoms with Crippen LogP contribution in [0.1, 0.15) is 41.4 Å². The van der Waals surface area contributed by atoms with Crippen molar-refractivity contribution in [2.24, 2.45) is 0 Å². The van der Waals surface area contributed by atoms with Crippen molar-refractivity contribution < 1.29 is 14.3 Å². The number of methoxy groups -OCH3 is 1. The van der Waals surface area contributed by atoms with E-state index in [2.05, 4.69) is 15.5 Å². The van der Waals surface area contributed by atoms with Crippen molar-refractivity contribution in [1.82, 2.24) is 15.5 Å². The number of carbonyl (C=O) groups is 1. The zero-order valence-electron chi connectivity index (χ0n) is 14.1. The zero-order chi connectivity index (χ0) is 16.9. The Labute approximate surface area is 141 Å². The first-order valence-electron chi connectivity index (χ1n) is 8.34. The number of hydrogen-bond acceptors (Lipinski definition) is 4. The minimum atomic E-state index is -0.110. The number of fused-ring (bicyclic) bond motifs is 1. The van der Waals surface area contributed by atoms with E-state index in [1.54, 1.807) is 25.3 Å². The maximum Gasteiger partial charge on any atom is 0.255 e. The average Bonchev–Trinajstić information content (AvgIpc) is 3.07. The molecule has 2 aromatic rings. The number of carbonyl (C=O) groups excluding carboxylic acids is 1. The first kappa shape index (κ1) is 16.4. The van der Waals surface area contributed by atoms with Crippen molar-refractivity contribution in [3.63, 3.8) is 0 Å². The summed E-state index contributed by atoms with van der Waals surface area (Å²) >= 11 is 0. The summed E-state index contributed by atoms with van der Waals surface area (Å²) in [5.74, 6) is 1.13. The Morgan fingerprint density at radius 1 is 1.46 bits per heavy atom. The molecule has 1 aromatic carbocycles. The van der Waals surface area contributed by atoms with Crippen LogP contribution in [0.2, 0.25) is 0 Å². The summed E-state index contributed by atoms with van der Waals surface area (Å²) in [7, 11) is 1.60. The third-order valence-electron chi connectivity index (χ3n) is 4.25. The zero-order valence-corrected chi connectivity index (χ0v) is 14.1. The Bertz CT molecular complexity index is 711. The van der Waals surface area contributed by atoms with Crippen molar-refractivity contribution >= 4 is 5.91 Å². The Morgan fingerprint density at radius 2 is 2.33 bits per heavy atom. The van der Waals surface area contributed by atoms with Crippen LogP contribution in [-0.2, 0) is 12.8 Å². The summed E-state index contributed by atoms with van der Waals surface area (Å²) in [6.07, 6.45) is 5.34. The highest BCUT2D eigenvalue weighted by Gasteiger charge is 2.23. The second-order valence-electron chi connectivity index (χ2n) is 6.00. The molecule has 3 rings (SSSR count). The van der Waals surface area contributed by atoms with Gasteiger partial charge in [0.2, 0.25) is 0 Å². The smallest absolute Gasteiger partial charge is 0.255 e. The molecule has 24 heavy (non-hydrogen) atoms. The average molecular weight is 329 g/mol. The largest absolute Gasteiger partial charge is 0.497 e. The molecule has 0 radical (unpaired) electrons. The summed E-state index contributed by atoms with van der Waals surface area (Å²) in [6, 6.07) is 5.41. The van der Waals surface area contributed by atoms with E-state index in [0.717, 1.165) is 25.7 Å². The Balaban J connectivity index is 1.72. The van der Waals surface area contributed by atoms with E-state index in [4.69, 9.17) is 9.47 Å². The van der Waals surface area contributed by atoms with Gasteiger partial charge in [0.15, 0.2) is 0 Å². The van der Waals surface area contributed by atoms with Crippen LogP contribution in [0.25, 0.3) is 0 Å². The van der Waals surface area contributed by atoms with Crippen LogP contribution in [0.3, 0.4) is 0 Å². The van der Waals surface area contributed by atoms with Crippen LogP contribution in [0, 0.1) is 0 Å². The molecule has 0 unspecified atom stereocenters. The molecule has 0 bridgehead atoms. The number of aryl methyl sites for hydroxylation is 1. The number of H-pyrrole nitrogens is 1. The fraction of sp³-hybridized carbons (Fsp3) is 0.444. The predicted molar refractivity (Wildman–Crippen MR) is 90.6 cm³/mol. The maximum absolute atomic E-state index is 12.7. The minimum absolute atomic E-state index is 0.110. The number of nitrogens with one attached hydrogen (secondary N) is 2. The van der Waals surface area contributed by atoms with Gasteiger partial charge in [0.1, 0.15) is 11.5 Å². The summed E-state index contributed by atoms with van der Waals surface area (Å²) < 4.78 is 11.0. The van der Waals surface area contributed by atoms with Gasteiger partial charge < -0.3 is 14.8 Å². The molecular weight excluding hydrogens is 306 g/mol. The molecule has 1 aliphatic carbocycles. The van der Waals surface area contributed by atoms with E-state index >= 15 is 0 Å². The lowest BCUT2D eigenvalue weighted by atomic mass is 9.93. The highest BCUT2D eigenvalue weighted by atomic mass is 16.5. The van der Waals surface area contributed by atoms with Crippen LogP contribution in [0.15, 0.2) is 24.4 Å². The summed E-state index contributed by atoms with van der Waals surface area (Å²) in [5, 5.41) is 10.2. The fourth-order valence-corrected chi connectivity index (χ4v) is 2.95. The third kappa shape index (κ3) is 3.53. The van der Waals surface area contributed by atoms with Crippen molar-refractivity contribution in [2.45, 2.75) is 38.6 Å². The number of hydrogen-bond donors (Lipinski definition) is 2. The number of aromatic nitrogens is 2. The van der Waals surface area contributed by atoms with Crippen LogP contribution in [-0.4, -0.2) is 35.9 Å². The van der Waals surface area contributed by atoms with Crippen LogP contribution < -0.4 is 14.8 Å². The van der Waals surface area contributed by atoms with Gasteiger partial charge in [-0.25, -0.2) is 0 Å². The molecule has 1 atom stereocenters. The molecule has 0 saturated heterocycles. The molecule has 128 valence electrons. The van der Waals surface area contributed by atoms with E-state index in [-0.39, 0.29) is 11.9 Å². The van der Waals surface area contributed by atoms with Gasteiger partial charge >= 0.3 is 0 Å². The normalized spacial score (nSPS) is 16.3. The highest BCUT2D eigenvalue weighted by molar-refractivity contribution is 5.97. The van der Waals surface area contributed by atoms with Gasteiger partial charge in [-0.15, -0.1) is 0 Å². The summed E-state index contributed by atoms with van der Waals surface area (Å²) in [4.78, 5) is 12.7. The van der Waals surface area contributed by atoms with Crippen LogP contribution in [0.4, 0.5) is 0 Å². The molecule has 0 spiro atoms. The van der Waals surface area contributed by atoms with Crippen molar-refractivity contribution in [3.05, 3.63) is 41.2 Å². The number of amides is 1. The lowest BCUT2D eigenvalue weighted by molar-refractivity contribution is 0.0929. The fourth-order valence-electron chi connectivity index (χ4n) is 2.95. The first-order chi connectivity index (χ1) is 11.7. The van der Waals surface area contributed by atoms with Gasteiger partial charge in [0, 0.05) is 17.8 Å². The molecule has 6 heteroatoms. The number of aromatic amines is 1. The van der Waals surface area contributed by atoms with E-state index < -0.39 is 0 Å². The third-order valence-corrected chi connectivity index (χ3v) is 4.25. The second-order valence-corrected chi connectivity index (χ2v) is 6.00. The van der Waals surface area contributed by atoms with E-state index in [0.29, 0.717) is 23.7 Å². The van der Waals surface area contributed by atoms with Crippen LogP contribution >= 0.6 is 0 Å². The lowest BCUT2D eigenvalue weighted by Gasteiger charge is -2.23. The van der Waals surface area contributed by atoms with Gasteiger partial charge in [-0.2, -0.15) is 5.10 Å². The lowest BCUT2D eigenvalue weighted by Crippen LogP contribution is -2.38. The molecule has 1 aliphatic rings. The van der Waals surface area contributed by atoms with Crippen molar-refractivity contribution in [1.29, 1.82) is 0 Å². The monoisotopic (exact) mass is 329 g/mol. The Morgan fingerprint density at radius 3 is 3.12 bits per heavy atom. The van der Waals surface area contributed by atoms with Gasteiger partial charge in [-0.3, -0.25) is 9.89 Å². The predicted octanol–water partition coefficient (Wildman–Crippen LogP) is 2.49. The number of ether oxygens (including phenoxy) is 2. The Hall–Kier alpha value is -2.50. The molecule has 0 saturated carbocycles. The summed E-state index contributed by atoms with van der Waals surface area (Å²) in [6.45, 7) is 2.60. The maximum atomic E-state index is 12.7. The molecular formula is C18H23N3O3. The number of nitrogens with zero attached hydrogens (tertiary/aromatic N) is 1. The Kier molecular flexibility index (Phi) is 5.03. The first-order valence-corrected chi connectivity index (χ1v) is 8.34. The molecule has 1 amide bonds.